The monoisotopic (exact) mass is 392 g/mol. The number of urea groups is 1. The molecule has 0 aliphatic carbocycles. The molecule has 0 bridgehead atoms. The van der Waals surface area contributed by atoms with Gasteiger partial charge in [0, 0.05) is 8.95 Å². The minimum atomic E-state index is -1.29. The lowest BCUT2D eigenvalue weighted by Crippen LogP contribution is -2.53. The molecule has 0 saturated heterocycles. The molecule has 2 amide bonds. The van der Waals surface area contributed by atoms with Gasteiger partial charge in [-0.15, -0.1) is 0 Å². The average molecular weight is 394 g/mol. The molecule has 1 unspecified atom stereocenters. The number of amides is 2. The lowest BCUT2D eigenvalue weighted by atomic mass is 10.00. The van der Waals surface area contributed by atoms with Gasteiger partial charge in [-0.25, -0.2) is 9.59 Å². The van der Waals surface area contributed by atoms with Crippen molar-refractivity contribution in [1.82, 2.24) is 5.32 Å². The summed E-state index contributed by atoms with van der Waals surface area (Å²) in [6.45, 7) is 3.16. The first-order valence-corrected chi connectivity index (χ1v) is 7.14. The zero-order chi connectivity index (χ0) is 14.6. The van der Waals surface area contributed by atoms with E-state index in [1.54, 1.807) is 19.1 Å². The van der Waals surface area contributed by atoms with Crippen LogP contribution in [-0.2, 0) is 4.79 Å². The van der Waals surface area contributed by atoms with Gasteiger partial charge >= 0.3 is 12.0 Å². The molecule has 7 heteroatoms. The van der Waals surface area contributed by atoms with Gasteiger partial charge in [-0.2, -0.15) is 0 Å². The third-order valence-electron chi connectivity index (χ3n) is 2.75. The number of aliphatic carboxylic acids is 1. The minimum absolute atomic E-state index is 0.287. The zero-order valence-electron chi connectivity index (χ0n) is 10.5. The topological polar surface area (TPSA) is 78.4 Å². The van der Waals surface area contributed by atoms with Gasteiger partial charge in [0.15, 0.2) is 0 Å². The molecule has 19 heavy (non-hydrogen) atoms. The number of anilines is 1. The molecule has 0 spiro atoms. The summed E-state index contributed by atoms with van der Waals surface area (Å²) in [4.78, 5) is 22.9. The second-order valence-corrected chi connectivity index (χ2v) is 5.96. The Morgan fingerprint density at radius 2 is 2.00 bits per heavy atom. The van der Waals surface area contributed by atoms with Crippen LogP contribution < -0.4 is 10.6 Å². The Morgan fingerprint density at radius 3 is 2.53 bits per heavy atom. The summed E-state index contributed by atoms with van der Waals surface area (Å²) in [5.41, 5.74) is -0.738. The third-order valence-corrected chi connectivity index (χ3v) is 3.93. The SMILES string of the molecule is CCC(C)(NC(=O)Nc1cc(Br)ccc1Br)C(=O)O. The predicted octanol–water partition coefficient (Wildman–Crippen LogP) is 3.59. The number of carboxylic acid groups (broad SMARTS) is 1. The molecule has 0 aliphatic rings. The molecule has 5 nitrogen and oxygen atoms in total. The fourth-order valence-corrected chi connectivity index (χ4v) is 2.00. The van der Waals surface area contributed by atoms with Crippen LogP contribution in [0.2, 0.25) is 0 Å². The van der Waals surface area contributed by atoms with Crippen LogP contribution in [0.5, 0.6) is 0 Å². The highest BCUT2D eigenvalue weighted by Crippen LogP contribution is 2.26. The van der Waals surface area contributed by atoms with Crippen molar-refractivity contribution in [2.24, 2.45) is 0 Å². The van der Waals surface area contributed by atoms with Gasteiger partial charge in [0.05, 0.1) is 5.69 Å². The van der Waals surface area contributed by atoms with Gasteiger partial charge in [-0.3, -0.25) is 0 Å². The number of carbonyl (C=O) groups excluding carboxylic acids is 1. The van der Waals surface area contributed by atoms with Gasteiger partial charge in [-0.1, -0.05) is 22.9 Å². The number of rotatable bonds is 4. The van der Waals surface area contributed by atoms with Crippen LogP contribution in [-0.4, -0.2) is 22.6 Å². The standard InChI is InChI=1S/C12H14Br2N2O3/c1-3-12(2,10(17)18)16-11(19)15-9-6-7(13)4-5-8(9)14/h4-6H,3H2,1-2H3,(H,17,18)(H2,15,16,19). The number of hydrogen-bond acceptors (Lipinski definition) is 2. The quantitative estimate of drug-likeness (QED) is 0.731. The van der Waals surface area contributed by atoms with E-state index in [0.717, 1.165) is 4.47 Å². The number of carbonyl (C=O) groups is 2. The maximum Gasteiger partial charge on any atom is 0.329 e. The van der Waals surface area contributed by atoms with Gasteiger partial charge in [0.2, 0.25) is 0 Å². The molecule has 0 fully saturated rings. The Bertz CT molecular complexity index is 508. The van der Waals surface area contributed by atoms with Gasteiger partial charge in [0.25, 0.3) is 0 Å². The highest BCUT2D eigenvalue weighted by molar-refractivity contribution is 9.11. The Morgan fingerprint density at radius 1 is 1.37 bits per heavy atom. The van der Waals surface area contributed by atoms with Crippen molar-refractivity contribution in [3.05, 3.63) is 27.1 Å². The van der Waals surface area contributed by atoms with Crippen LogP contribution in [0, 0.1) is 0 Å². The maximum atomic E-state index is 11.8. The van der Waals surface area contributed by atoms with Crippen LogP contribution in [0.25, 0.3) is 0 Å². The molecule has 1 aromatic rings. The second-order valence-electron chi connectivity index (χ2n) is 4.19. The van der Waals surface area contributed by atoms with E-state index in [-0.39, 0.29) is 6.42 Å². The van der Waals surface area contributed by atoms with Crippen LogP contribution in [0.15, 0.2) is 27.1 Å². The van der Waals surface area contributed by atoms with Gasteiger partial charge in [0.1, 0.15) is 5.54 Å². The van der Waals surface area contributed by atoms with E-state index in [9.17, 15) is 9.59 Å². The summed E-state index contributed by atoms with van der Waals surface area (Å²) in [7, 11) is 0. The summed E-state index contributed by atoms with van der Waals surface area (Å²) in [5.74, 6) is -1.07. The van der Waals surface area contributed by atoms with Gasteiger partial charge < -0.3 is 15.7 Å². The van der Waals surface area contributed by atoms with E-state index in [0.29, 0.717) is 10.2 Å². The van der Waals surface area contributed by atoms with E-state index >= 15 is 0 Å². The third kappa shape index (κ3) is 4.21. The molecule has 1 atom stereocenters. The number of carboxylic acids is 1. The lowest BCUT2D eigenvalue weighted by molar-refractivity contribution is -0.143. The number of nitrogens with one attached hydrogen (secondary N) is 2. The first-order chi connectivity index (χ1) is 8.78. The average Bonchev–Trinajstić information content (AvgIpc) is 2.33. The summed E-state index contributed by atoms with van der Waals surface area (Å²) in [5, 5.41) is 14.1. The highest BCUT2D eigenvalue weighted by atomic mass is 79.9. The first kappa shape index (κ1) is 16.0. The molecule has 0 saturated carbocycles. The molecular formula is C12H14Br2N2O3. The van der Waals surface area contributed by atoms with Crippen molar-refractivity contribution in [1.29, 1.82) is 0 Å². The Balaban J connectivity index is 2.80. The molecule has 0 radical (unpaired) electrons. The molecule has 0 aliphatic heterocycles. The van der Waals surface area contributed by atoms with Crippen LogP contribution in [0.1, 0.15) is 20.3 Å². The van der Waals surface area contributed by atoms with E-state index in [4.69, 9.17) is 5.11 Å². The van der Waals surface area contributed by atoms with Gasteiger partial charge in [-0.05, 0) is 47.5 Å². The van der Waals surface area contributed by atoms with Crippen LogP contribution in [0.4, 0.5) is 10.5 Å². The predicted molar refractivity (Wildman–Crippen MR) is 80.3 cm³/mol. The summed E-state index contributed by atoms with van der Waals surface area (Å²) in [6, 6.07) is 4.75. The van der Waals surface area contributed by atoms with E-state index < -0.39 is 17.5 Å². The summed E-state index contributed by atoms with van der Waals surface area (Å²) in [6.07, 6.45) is 0.287. The zero-order valence-corrected chi connectivity index (χ0v) is 13.6. The molecule has 104 valence electrons. The van der Waals surface area contributed by atoms with Crippen molar-refractivity contribution in [3.8, 4) is 0 Å². The first-order valence-electron chi connectivity index (χ1n) is 5.56. The summed E-state index contributed by atoms with van der Waals surface area (Å²) >= 11 is 6.60. The smallest absolute Gasteiger partial charge is 0.329 e. The van der Waals surface area contributed by atoms with Crippen molar-refractivity contribution >= 4 is 49.5 Å². The molecule has 1 aromatic carbocycles. The molecular weight excluding hydrogens is 380 g/mol. The number of halogens is 2. The minimum Gasteiger partial charge on any atom is -0.480 e. The van der Waals surface area contributed by atoms with Crippen molar-refractivity contribution in [3.63, 3.8) is 0 Å². The fraction of sp³-hybridized carbons (Fsp3) is 0.333. The molecule has 1 rings (SSSR count). The normalized spacial score (nSPS) is 13.5. The van der Waals surface area contributed by atoms with Crippen molar-refractivity contribution < 1.29 is 14.7 Å². The van der Waals surface area contributed by atoms with E-state index in [1.165, 1.54) is 6.92 Å². The highest BCUT2D eigenvalue weighted by Gasteiger charge is 2.32. The molecule has 3 N–H and O–H groups in total. The lowest BCUT2D eigenvalue weighted by Gasteiger charge is -2.24. The van der Waals surface area contributed by atoms with Crippen LogP contribution in [0.3, 0.4) is 0 Å². The van der Waals surface area contributed by atoms with E-state index in [2.05, 4.69) is 42.5 Å². The Labute approximate surface area is 128 Å². The second kappa shape index (κ2) is 6.38. The number of benzene rings is 1. The van der Waals surface area contributed by atoms with Crippen molar-refractivity contribution in [2.45, 2.75) is 25.8 Å². The molecule has 0 heterocycles. The summed E-state index contributed by atoms with van der Waals surface area (Å²) < 4.78 is 1.52. The maximum absolute atomic E-state index is 11.8. The Hall–Kier alpha value is -1.08. The Kier molecular flexibility index (Phi) is 5.37. The molecule has 0 aromatic heterocycles. The van der Waals surface area contributed by atoms with E-state index in [1.807, 2.05) is 6.07 Å². The van der Waals surface area contributed by atoms with Crippen LogP contribution >= 0.6 is 31.9 Å². The fourth-order valence-electron chi connectivity index (χ4n) is 1.29. The largest absolute Gasteiger partial charge is 0.480 e. The van der Waals surface area contributed by atoms with Crippen molar-refractivity contribution in [2.75, 3.05) is 5.32 Å². The number of hydrogen-bond donors (Lipinski definition) is 3.